The summed E-state index contributed by atoms with van der Waals surface area (Å²) in [5.74, 6) is 1.30. The van der Waals surface area contributed by atoms with Crippen molar-refractivity contribution in [1.82, 2.24) is 30.0 Å². The summed E-state index contributed by atoms with van der Waals surface area (Å²) in [6, 6.07) is 0. The summed E-state index contributed by atoms with van der Waals surface area (Å²) < 4.78 is 5.72. The lowest BCUT2D eigenvalue weighted by Crippen LogP contribution is -2.42. The highest BCUT2D eigenvalue weighted by Gasteiger charge is 2.29. The average molecular weight is 316 g/mol. The second-order valence-electron chi connectivity index (χ2n) is 5.54. The third kappa shape index (κ3) is 3.53. The van der Waals surface area contributed by atoms with Crippen LogP contribution < -0.4 is 0 Å². The first kappa shape index (κ1) is 15.5. The van der Waals surface area contributed by atoms with Crippen LogP contribution in [0.5, 0.6) is 0 Å². The second-order valence-corrected chi connectivity index (χ2v) is 5.54. The lowest BCUT2D eigenvalue weighted by Gasteiger charge is -2.31. The molecule has 2 aromatic heterocycles. The normalized spacial score (nSPS) is 18.2. The second kappa shape index (κ2) is 6.82. The number of aromatic amines is 1. The van der Waals surface area contributed by atoms with Gasteiger partial charge >= 0.3 is 0 Å². The summed E-state index contributed by atoms with van der Waals surface area (Å²) >= 11 is 0. The Balaban J connectivity index is 1.69. The number of nitrogens with zero attached hydrogens (tertiary/aromatic N) is 5. The van der Waals surface area contributed by atoms with Gasteiger partial charge < -0.3 is 9.64 Å². The van der Waals surface area contributed by atoms with Crippen molar-refractivity contribution < 1.29 is 9.53 Å². The van der Waals surface area contributed by atoms with E-state index in [0.29, 0.717) is 31.2 Å². The van der Waals surface area contributed by atoms with Crippen molar-refractivity contribution in [1.29, 1.82) is 0 Å². The van der Waals surface area contributed by atoms with Crippen LogP contribution >= 0.6 is 0 Å². The van der Waals surface area contributed by atoms with Crippen molar-refractivity contribution in [2.24, 2.45) is 0 Å². The lowest BCUT2D eigenvalue weighted by atomic mass is 10.2. The van der Waals surface area contributed by atoms with E-state index >= 15 is 0 Å². The summed E-state index contributed by atoms with van der Waals surface area (Å²) in [5.41, 5.74) is 1.13. The number of carbonyl (C=O) groups excluding carboxylic acids is 1. The Morgan fingerprint density at radius 1 is 1.43 bits per heavy atom. The fourth-order valence-electron chi connectivity index (χ4n) is 2.46. The molecule has 0 spiro atoms. The predicted octanol–water partition coefficient (Wildman–Crippen LogP) is 1.07. The molecule has 1 fully saturated rings. The number of aromatic nitrogens is 5. The highest BCUT2D eigenvalue weighted by atomic mass is 16.5. The smallest absolute Gasteiger partial charge is 0.274 e. The number of ether oxygens (including phenoxy) is 1. The van der Waals surface area contributed by atoms with Gasteiger partial charge in [-0.15, -0.1) is 0 Å². The highest BCUT2D eigenvalue weighted by Crippen LogP contribution is 2.20. The van der Waals surface area contributed by atoms with Gasteiger partial charge in [0.15, 0.2) is 5.82 Å². The largest absolute Gasteiger partial charge is 0.366 e. The van der Waals surface area contributed by atoms with Crippen LogP contribution in [-0.2, 0) is 11.2 Å². The van der Waals surface area contributed by atoms with Gasteiger partial charge in [0.05, 0.1) is 25.0 Å². The number of rotatable bonds is 4. The van der Waals surface area contributed by atoms with Crippen molar-refractivity contribution in [3.05, 3.63) is 35.4 Å². The predicted molar refractivity (Wildman–Crippen MR) is 81.7 cm³/mol. The van der Waals surface area contributed by atoms with Crippen molar-refractivity contribution in [3.63, 3.8) is 0 Å². The molecule has 0 aliphatic carbocycles. The van der Waals surface area contributed by atoms with Gasteiger partial charge in [-0.25, -0.2) is 9.97 Å². The van der Waals surface area contributed by atoms with Gasteiger partial charge in [0.2, 0.25) is 0 Å². The number of carbonyl (C=O) groups is 1. The number of morpholine rings is 1. The maximum atomic E-state index is 12.5. The monoisotopic (exact) mass is 316 g/mol. The number of amides is 1. The van der Waals surface area contributed by atoms with E-state index < -0.39 is 0 Å². The maximum Gasteiger partial charge on any atom is 0.274 e. The van der Waals surface area contributed by atoms with Gasteiger partial charge in [-0.1, -0.05) is 6.92 Å². The van der Waals surface area contributed by atoms with E-state index in [1.807, 2.05) is 6.92 Å². The van der Waals surface area contributed by atoms with Crippen LogP contribution in [0.2, 0.25) is 0 Å². The van der Waals surface area contributed by atoms with E-state index in [-0.39, 0.29) is 12.0 Å². The van der Waals surface area contributed by atoms with Crippen LogP contribution in [0.25, 0.3) is 0 Å². The molecule has 8 heteroatoms. The molecule has 122 valence electrons. The fourth-order valence-corrected chi connectivity index (χ4v) is 2.46. The third-order valence-corrected chi connectivity index (χ3v) is 3.68. The molecular formula is C15H20N6O2. The van der Waals surface area contributed by atoms with E-state index in [1.54, 1.807) is 11.1 Å². The molecule has 3 heterocycles. The zero-order valence-electron chi connectivity index (χ0n) is 13.3. The standard InChI is InChI=1S/C15H20N6O2/c1-3-4-13-18-14(20-19-13)12-9-21(5-6-23-12)15(22)11-8-16-10(2)7-17-11/h7-8,12H,3-6,9H2,1-2H3,(H,18,19,20)/t12-/m0/s1. The average Bonchev–Trinajstić information content (AvgIpc) is 3.04. The van der Waals surface area contributed by atoms with Crippen LogP contribution in [0.15, 0.2) is 12.4 Å². The first-order valence-electron chi connectivity index (χ1n) is 7.78. The molecule has 1 amide bonds. The summed E-state index contributed by atoms with van der Waals surface area (Å²) in [6.07, 6.45) is 4.64. The van der Waals surface area contributed by atoms with Crippen LogP contribution in [0.1, 0.15) is 47.3 Å². The van der Waals surface area contributed by atoms with Crippen LogP contribution in [0.3, 0.4) is 0 Å². The SMILES string of the molecule is CCCc1nc([C@@H]2CN(C(=O)c3cnc(C)cn3)CCO2)n[nH]1. The van der Waals surface area contributed by atoms with Crippen molar-refractivity contribution in [3.8, 4) is 0 Å². The van der Waals surface area contributed by atoms with E-state index in [0.717, 1.165) is 24.4 Å². The minimum Gasteiger partial charge on any atom is -0.366 e. The molecule has 0 bridgehead atoms. The fraction of sp³-hybridized carbons (Fsp3) is 0.533. The molecule has 1 saturated heterocycles. The van der Waals surface area contributed by atoms with Gasteiger partial charge in [-0.05, 0) is 13.3 Å². The van der Waals surface area contributed by atoms with Gasteiger partial charge in [0.1, 0.15) is 17.6 Å². The Kier molecular flexibility index (Phi) is 4.61. The van der Waals surface area contributed by atoms with Gasteiger partial charge in [0, 0.05) is 19.2 Å². The Labute approximate surface area is 134 Å². The zero-order valence-corrected chi connectivity index (χ0v) is 13.3. The first-order chi connectivity index (χ1) is 11.2. The van der Waals surface area contributed by atoms with Crippen molar-refractivity contribution in [2.45, 2.75) is 32.8 Å². The minimum absolute atomic E-state index is 0.143. The van der Waals surface area contributed by atoms with Gasteiger partial charge in [-0.3, -0.25) is 14.9 Å². The lowest BCUT2D eigenvalue weighted by molar-refractivity contribution is -0.0268. The molecule has 23 heavy (non-hydrogen) atoms. The molecule has 1 aliphatic rings. The zero-order chi connectivity index (χ0) is 16.2. The Hall–Kier alpha value is -2.35. The molecule has 0 radical (unpaired) electrons. The number of hydrogen-bond acceptors (Lipinski definition) is 6. The molecule has 0 unspecified atom stereocenters. The molecule has 1 aliphatic heterocycles. The van der Waals surface area contributed by atoms with E-state index in [4.69, 9.17) is 4.74 Å². The molecule has 1 atom stereocenters. The highest BCUT2D eigenvalue weighted by molar-refractivity contribution is 5.92. The minimum atomic E-state index is -0.312. The quantitative estimate of drug-likeness (QED) is 0.906. The number of nitrogens with one attached hydrogen (secondary N) is 1. The first-order valence-corrected chi connectivity index (χ1v) is 7.78. The molecule has 8 nitrogen and oxygen atoms in total. The number of hydrogen-bond donors (Lipinski definition) is 1. The number of H-pyrrole nitrogens is 1. The molecule has 1 N–H and O–H groups in total. The van der Waals surface area contributed by atoms with E-state index in [2.05, 4.69) is 32.1 Å². The molecule has 3 rings (SSSR count). The van der Waals surface area contributed by atoms with E-state index in [9.17, 15) is 4.79 Å². The van der Waals surface area contributed by atoms with Crippen molar-refractivity contribution in [2.75, 3.05) is 19.7 Å². The van der Waals surface area contributed by atoms with Crippen LogP contribution in [0, 0.1) is 6.92 Å². The molecular weight excluding hydrogens is 296 g/mol. The van der Waals surface area contributed by atoms with Crippen LogP contribution in [-0.4, -0.2) is 55.7 Å². The van der Waals surface area contributed by atoms with Gasteiger partial charge in [-0.2, -0.15) is 5.10 Å². The molecule has 2 aromatic rings. The Morgan fingerprint density at radius 2 is 2.30 bits per heavy atom. The molecule has 0 saturated carbocycles. The summed E-state index contributed by atoms with van der Waals surface area (Å²) in [6.45, 7) is 5.31. The van der Waals surface area contributed by atoms with E-state index in [1.165, 1.54) is 6.20 Å². The third-order valence-electron chi connectivity index (χ3n) is 3.68. The summed E-state index contributed by atoms with van der Waals surface area (Å²) in [4.78, 5) is 26.9. The van der Waals surface area contributed by atoms with Gasteiger partial charge in [0.25, 0.3) is 5.91 Å². The Morgan fingerprint density at radius 3 is 3.04 bits per heavy atom. The van der Waals surface area contributed by atoms with Crippen molar-refractivity contribution >= 4 is 5.91 Å². The maximum absolute atomic E-state index is 12.5. The summed E-state index contributed by atoms with van der Waals surface area (Å²) in [5, 5.41) is 7.13. The summed E-state index contributed by atoms with van der Waals surface area (Å²) in [7, 11) is 0. The Bertz CT molecular complexity index is 669. The molecule has 0 aromatic carbocycles. The van der Waals surface area contributed by atoms with Crippen LogP contribution in [0.4, 0.5) is 0 Å². The topological polar surface area (TPSA) is 96.9 Å². The number of aryl methyl sites for hydroxylation is 2.